The second-order valence-electron chi connectivity index (χ2n) is 8.32. The highest BCUT2D eigenvalue weighted by Gasteiger charge is 2.16. The number of nitrogens with zero attached hydrogens (tertiary/aromatic N) is 3. The normalized spacial score (nSPS) is 11.4. The molecule has 0 radical (unpaired) electrons. The van der Waals surface area contributed by atoms with Crippen LogP contribution in [-0.2, 0) is 6.61 Å². The molecule has 36 heavy (non-hydrogen) atoms. The number of rotatable bonds is 8. The largest absolute Gasteiger partial charge is 0.493 e. The second kappa shape index (κ2) is 10.9. The Labute approximate surface area is 216 Å². The van der Waals surface area contributed by atoms with Crippen LogP contribution >= 0.6 is 15.9 Å². The molecule has 9 heteroatoms. The van der Waals surface area contributed by atoms with Crippen molar-refractivity contribution in [2.75, 3.05) is 14.2 Å². The zero-order valence-corrected chi connectivity index (χ0v) is 21.9. The summed E-state index contributed by atoms with van der Waals surface area (Å²) in [6.07, 6.45) is 1.55. The number of hydrogen-bond acceptors (Lipinski definition) is 6. The number of aromatic nitrogens is 2. The van der Waals surface area contributed by atoms with Crippen LogP contribution in [0.25, 0.3) is 10.9 Å². The van der Waals surface area contributed by atoms with Crippen molar-refractivity contribution >= 4 is 33.0 Å². The van der Waals surface area contributed by atoms with Crippen LogP contribution in [0.15, 0.2) is 69.0 Å². The van der Waals surface area contributed by atoms with E-state index in [1.54, 1.807) is 42.6 Å². The van der Waals surface area contributed by atoms with E-state index < -0.39 is 0 Å². The number of halogens is 2. The second-order valence-corrected chi connectivity index (χ2v) is 9.23. The Morgan fingerprint density at radius 1 is 1.06 bits per heavy atom. The predicted octanol–water partition coefficient (Wildman–Crippen LogP) is 5.90. The average molecular weight is 554 g/mol. The molecule has 4 aromatic rings. The average Bonchev–Trinajstić information content (AvgIpc) is 2.87. The third-order valence-corrected chi connectivity index (χ3v) is 5.94. The van der Waals surface area contributed by atoms with Crippen LogP contribution in [0, 0.1) is 5.82 Å². The maximum Gasteiger partial charge on any atom is 0.282 e. The van der Waals surface area contributed by atoms with Crippen molar-refractivity contribution in [2.24, 2.45) is 5.10 Å². The molecule has 3 aromatic carbocycles. The minimum atomic E-state index is -0.313. The van der Waals surface area contributed by atoms with E-state index in [1.165, 1.54) is 31.0 Å². The molecule has 0 aliphatic heterocycles. The molecule has 1 aromatic heterocycles. The summed E-state index contributed by atoms with van der Waals surface area (Å²) in [4.78, 5) is 17.9. The first kappa shape index (κ1) is 25.4. The van der Waals surface area contributed by atoms with Crippen molar-refractivity contribution in [3.8, 4) is 17.2 Å². The third-order valence-electron chi connectivity index (χ3n) is 5.45. The van der Waals surface area contributed by atoms with E-state index >= 15 is 0 Å². The van der Waals surface area contributed by atoms with Crippen molar-refractivity contribution in [3.63, 3.8) is 0 Å². The Bertz CT molecular complexity index is 1460. The van der Waals surface area contributed by atoms with E-state index in [9.17, 15) is 9.18 Å². The van der Waals surface area contributed by atoms with Gasteiger partial charge in [0.05, 0.1) is 31.3 Å². The molecule has 0 aliphatic rings. The summed E-state index contributed by atoms with van der Waals surface area (Å²) in [5.41, 5.74) is 1.78. The van der Waals surface area contributed by atoms with Crippen molar-refractivity contribution < 1.29 is 18.6 Å². The van der Waals surface area contributed by atoms with Crippen LogP contribution in [0.5, 0.6) is 17.2 Å². The molecule has 0 amide bonds. The molecule has 0 fully saturated rings. The van der Waals surface area contributed by atoms with Crippen molar-refractivity contribution in [1.82, 2.24) is 9.66 Å². The van der Waals surface area contributed by atoms with Gasteiger partial charge in [-0.25, -0.2) is 9.37 Å². The Balaban J connectivity index is 1.71. The fourth-order valence-electron chi connectivity index (χ4n) is 3.63. The first-order valence-electron chi connectivity index (χ1n) is 11.2. The summed E-state index contributed by atoms with van der Waals surface area (Å²) >= 11 is 3.41. The van der Waals surface area contributed by atoms with Gasteiger partial charge in [0.15, 0.2) is 11.5 Å². The maximum absolute atomic E-state index is 13.3. The number of ether oxygens (including phenoxy) is 3. The highest BCUT2D eigenvalue weighted by atomic mass is 79.9. The first-order chi connectivity index (χ1) is 17.3. The van der Waals surface area contributed by atoms with Gasteiger partial charge in [0.25, 0.3) is 5.56 Å². The Morgan fingerprint density at radius 3 is 2.33 bits per heavy atom. The van der Waals surface area contributed by atoms with E-state index in [0.717, 1.165) is 10.0 Å². The summed E-state index contributed by atoms with van der Waals surface area (Å²) in [7, 11) is 3.04. The van der Waals surface area contributed by atoms with Gasteiger partial charge in [0.1, 0.15) is 18.2 Å². The lowest BCUT2D eigenvalue weighted by Crippen LogP contribution is -2.23. The Hall–Kier alpha value is -3.72. The van der Waals surface area contributed by atoms with Gasteiger partial charge in [0.2, 0.25) is 5.75 Å². The summed E-state index contributed by atoms with van der Waals surface area (Å²) in [5, 5.41) is 4.94. The lowest BCUT2D eigenvalue weighted by atomic mass is 10.2. The number of methoxy groups -OCH3 is 2. The van der Waals surface area contributed by atoms with Crippen LogP contribution in [0.3, 0.4) is 0 Å². The van der Waals surface area contributed by atoms with E-state index in [2.05, 4.69) is 26.0 Å². The first-order valence-corrected chi connectivity index (χ1v) is 12.0. The van der Waals surface area contributed by atoms with Gasteiger partial charge in [-0.2, -0.15) is 9.78 Å². The third kappa shape index (κ3) is 5.41. The Kier molecular flexibility index (Phi) is 7.69. The van der Waals surface area contributed by atoms with Gasteiger partial charge in [-0.05, 0) is 48.0 Å². The lowest BCUT2D eigenvalue weighted by molar-refractivity contribution is 0.266. The highest BCUT2D eigenvalue weighted by Crippen LogP contribution is 2.38. The molecule has 4 rings (SSSR count). The summed E-state index contributed by atoms with van der Waals surface area (Å²) in [6.45, 7) is 4.11. The monoisotopic (exact) mass is 553 g/mol. The zero-order valence-electron chi connectivity index (χ0n) is 20.3. The summed E-state index contributed by atoms with van der Waals surface area (Å²) in [5.74, 6) is 1.45. The van der Waals surface area contributed by atoms with Crippen LogP contribution in [0.1, 0.15) is 36.7 Å². The van der Waals surface area contributed by atoms with Gasteiger partial charge in [-0.1, -0.05) is 41.9 Å². The Morgan fingerprint density at radius 2 is 1.72 bits per heavy atom. The lowest BCUT2D eigenvalue weighted by Gasteiger charge is -2.15. The molecule has 0 saturated carbocycles. The molecular weight excluding hydrogens is 529 g/mol. The smallest absolute Gasteiger partial charge is 0.282 e. The fourth-order valence-corrected chi connectivity index (χ4v) is 3.99. The minimum absolute atomic E-state index is 0.0331. The summed E-state index contributed by atoms with van der Waals surface area (Å²) < 4.78 is 32.3. The maximum atomic E-state index is 13.3. The molecule has 0 unspecified atom stereocenters. The molecule has 0 bridgehead atoms. The van der Waals surface area contributed by atoms with Gasteiger partial charge < -0.3 is 14.2 Å². The van der Waals surface area contributed by atoms with E-state index in [-0.39, 0.29) is 23.9 Å². The molecule has 0 N–H and O–H groups in total. The summed E-state index contributed by atoms with van der Waals surface area (Å²) in [6, 6.07) is 14.9. The molecule has 0 aliphatic carbocycles. The number of fused-ring (bicyclic) bond motifs is 1. The topological polar surface area (TPSA) is 74.9 Å². The number of hydrogen-bond donors (Lipinski definition) is 0. The van der Waals surface area contributed by atoms with E-state index in [1.807, 2.05) is 19.9 Å². The standard InChI is InChI=1S/C27H25BrFN3O4/c1-16(2)26-31-22-10-7-19(28)13-21(22)27(33)32(26)30-14-18-11-23(34-3)25(24(12-18)35-4)36-15-17-5-8-20(29)9-6-17/h5-14,16H,15H2,1-4H3. The van der Waals surface area contributed by atoms with Crippen molar-refractivity contribution in [1.29, 1.82) is 0 Å². The molecule has 186 valence electrons. The molecule has 0 spiro atoms. The van der Waals surface area contributed by atoms with Gasteiger partial charge in [0, 0.05) is 16.0 Å². The zero-order chi connectivity index (χ0) is 25.8. The quantitative estimate of drug-likeness (QED) is 0.254. The van der Waals surface area contributed by atoms with E-state index in [0.29, 0.717) is 39.5 Å². The molecule has 1 heterocycles. The molecule has 0 atom stereocenters. The molecule has 0 saturated heterocycles. The van der Waals surface area contributed by atoms with Crippen molar-refractivity contribution in [2.45, 2.75) is 26.4 Å². The molecular formula is C27H25BrFN3O4. The highest BCUT2D eigenvalue weighted by molar-refractivity contribution is 9.10. The van der Waals surface area contributed by atoms with Crippen LogP contribution < -0.4 is 19.8 Å². The number of benzene rings is 3. The SMILES string of the molecule is COc1cc(C=Nn2c(C(C)C)nc3ccc(Br)cc3c2=O)cc(OC)c1OCc1ccc(F)cc1. The molecule has 7 nitrogen and oxygen atoms in total. The van der Waals surface area contributed by atoms with Gasteiger partial charge >= 0.3 is 0 Å². The fraction of sp³-hybridized carbons (Fsp3) is 0.222. The predicted molar refractivity (Wildman–Crippen MR) is 141 cm³/mol. The van der Waals surface area contributed by atoms with Gasteiger partial charge in [-0.15, -0.1) is 0 Å². The van der Waals surface area contributed by atoms with Crippen LogP contribution in [0.2, 0.25) is 0 Å². The van der Waals surface area contributed by atoms with Crippen LogP contribution in [0.4, 0.5) is 4.39 Å². The van der Waals surface area contributed by atoms with Crippen LogP contribution in [-0.4, -0.2) is 30.1 Å². The minimum Gasteiger partial charge on any atom is -0.493 e. The van der Waals surface area contributed by atoms with Crippen molar-refractivity contribution in [3.05, 3.63) is 92.2 Å². The van der Waals surface area contributed by atoms with E-state index in [4.69, 9.17) is 14.2 Å². The van der Waals surface area contributed by atoms with Gasteiger partial charge in [-0.3, -0.25) is 4.79 Å².